The highest BCUT2D eigenvalue weighted by molar-refractivity contribution is 5.50. The van der Waals surface area contributed by atoms with Gasteiger partial charge in [0.1, 0.15) is 11.5 Å². The van der Waals surface area contributed by atoms with Crippen molar-refractivity contribution in [2.24, 2.45) is 12.9 Å². The Hall–Kier alpha value is -1.95. The molecule has 2 aromatic rings. The number of nitrogens with zero attached hydrogens (tertiary/aromatic N) is 4. The maximum Gasteiger partial charge on any atom is 0.182 e. The molecule has 0 spiro atoms. The van der Waals surface area contributed by atoms with Crippen molar-refractivity contribution in [3.63, 3.8) is 0 Å². The summed E-state index contributed by atoms with van der Waals surface area (Å²) >= 11 is 0. The number of nitrogens with one attached hydrogen (secondary N) is 1. The van der Waals surface area contributed by atoms with E-state index in [0.29, 0.717) is 11.6 Å². The van der Waals surface area contributed by atoms with E-state index < -0.39 is 0 Å². The van der Waals surface area contributed by atoms with Crippen LogP contribution >= 0.6 is 0 Å². The van der Waals surface area contributed by atoms with Gasteiger partial charge in [0, 0.05) is 25.5 Å². The van der Waals surface area contributed by atoms with Gasteiger partial charge in [-0.3, -0.25) is 4.68 Å². The van der Waals surface area contributed by atoms with E-state index in [-0.39, 0.29) is 0 Å². The lowest BCUT2D eigenvalue weighted by Gasteiger charge is -1.99. The van der Waals surface area contributed by atoms with Gasteiger partial charge < -0.3 is 5.43 Å². The summed E-state index contributed by atoms with van der Waals surface area (Å²) in [5.74, 6) is 6.36. The first kappa shape index (κ1) is 8.64. The minimum absolute atomic E-state index is 0.557. The maximum atomic E-state index is 5.24. The number of aromatic nitrogens is 4. The second kappa shape index (κ2) is 3.43. The first-order valence-electron chi connectivity index (χ1n) is 4.09. The van der Waals surface area contributed by atoms with Gasteiger partial charge in [-0.05, 0) is 6.07 Å². The second-order valence-electron chi connectivity index (χ2n) is 2.78. The summed E-state index contributed by atoms with van der Waals surface area (Å²) in [5.41, 5.74) is 3.18. The van der Waals surface area contributed by atoms with Crippen LogP contribution in [-0.2, 0) is 7.05 Å². The van der Waals surface area contributed by atoms with Gasteiger partial charge in [0.05, 0.1) is 0 Å². The maximum absolute atomic E-state index is 5.24. The number of aryl methyl sites for hydroxylation is 1. The van der Waals surface area contributed by atoms with E-state index in [9.17, 15) is 0 Å². The van der Waals surface area contributed by atoms with Gasteiger partial charge in [-0.1, -0.05) is 0 Å². The quantitative estimate of drug-likeness (QED) is 0.521. The molecule has 0 saturated carbocycles. The molecule has 2 aromatic heterocycles. The van der Waals surface area contributed by atoms with E-state index in [2.05, 4.69) is 20.5 Å². The minimum Gasteiger partial charge on any atom is -0.308 e. The largest absolute Gasteiger partial charge is 0.308 e. The smallest absolute Gasteiger partial charge is 0.182 e. The topological polar surface area (TPSA) is 81.7 Å². The summed E-state index contributed by atoms with van der Waals surface area (Å²) < 4.78 is 1.70. The molecule has 0 aliphatic rings. The summed E-state index contributed by atoms with van der Waals surface area (Å²) in [6.07, 6.45) is 3.47. The third kappa shape index (κ3) is 1.55. The Labute approximate surface area is 80.8 Å². The Morgan fingerprint density at radius 3 is 2.93 bits per heavy atom. The van der Waals surface area contributed by atoms with Crippen LogP contribution in [0.25, 0.3) is 11.5 Å². The molecule has 0 amide bonds. The zero-order chi connectivity index (χ0) is 9.97. The summed E-state index contributed by atoms with van der Waals surface area (Å²) in [6.45, 7) is 0. The molecule has 0 fully saturated rings. The van der Waals surface area contributed by atoms with Gasteiger partial charge in [0.15, 0.2) is 5.82 Å². The molecule has 3 N–H and O–H groups in total. The molecule has 0 aliphatic heterocycles. The van der Waals surface area contributed by atoms with E-state index in [0.717, 1.165) is 5.69 Å². The standard InChI is InChI=1S/C8H10N6/c1-14-5-3-6(13-14)8-10-4-2-7(11-8)12-9/h2-5H,9H2,1H3,(H,10,11,12). The van der Waals surface area contributed by atoms with Crippen LogP contribution in [0.5, 0.6) is 0 Å². The molecule has 0 aliphatic carbocycles. The monoisotopic (exact) mass is 190 g/mol. The van der Waals surface area contributed by atoms with Crippen molar-refractivity contribution in [3.05, 3.63) is 24.5 Å². The van der Waals surface area contributed by atoms with Crippen LogP contribution in [0.1, 0.15) is 0 Å². The summed E-state index contributed by atoms with van der Waals surface area (Å²) in [4.78, 5) is 8.24. The molecule has 0 aromatic carbocycles. The Bertz CT molecular complexity index is 435. The first-order valence-corrected chi connectivity index (χ1v) is 4.09. The van der Waals surface area contributed by atoms with Crippen molar-refractivity contribution in [2.45, 2.75) is 0 Å². The highest BCUT2D eigenvalue weighted by Gasteiger charge is 2.04. The molecule has 0 atom stereocenters. The minimum atomic E-state index is 0.557. The van der Waals surface area contributed by atoms with Crippen LogP contribution in [0.3, 0.4) is 0 Å². The van der Waals surface area contributed by atoms with Crippen LogP contribution in [0.15, 0.2) is 24.5 Å². The van der Waals surface area contributed by atoms with Gasteiger partial charge in [-0.15, -0.1) is 0 Å². The van der Waals surface area contributed by atoms with Crippen molar-refractivity contribution >= 4 is 5.82 Å². The number of nitrogen functional groups attached to an aromatic ring is 1. The molecule has 0 bridgehead atoms. The van der Waals surface area contributed by atoms with Crippen LogP contribution in [0, 0.1) is 0 Å². The molecule has 72 valence electrons. The Morgan fingerprint density at radius 2 is 2.29 bits per heavy atom. The Balaban J connectivity index is 2.41. The van der Waals surface area contributed by atoms with E-state index in [1.54, 1.807) is 16.9 Å². The number of nitrogens with two attached hydrogens (primary N) is 1. The molecular formula is C8H10N6. The normalized spacial score (nSPS) is 10.1. The third-order valence-corrected chi connectivity index (χ3v) is 1.75. The molecule has 6 heteroatoms. The van der Waals surface area contributed by atoms with E-state index >= 15 is 0 Å². The number of hydrazine groups is 1. The van der Waals surface area contributed by atoms with Crippen molar-refractivity contribution in [2.75, 3.05) is 5.43 Å². The lowest BCUT2D eigenvalue weighted by molar-refractivity contribution is 0.768. The fourth-order valence-corrected chi connectivity index (χ4v) is 1.10. The van der Waals surface area contributed by atoms with E-state index in [1.807, 2.05) is 19.3 Å². The number of anilines is 1. The van der Waals surface area contributed by atoms with Crippen molar-refractivity contribution in [1.29, 1.82) is 0 Å². The summed E-state index contributed by atoms with van der Waals surface area (Å²) in [6, 6.07) is 3.53. The SMILES string of the molecule is Cn1ccc(-c2nccc(NN)n2)n1. The van der Waals surface area contributed by atoms with Gasteiger partial charge in [-0.25, -0.2) is 15.8 Å². The molecular weight excluding hydrogens is 180 g/mol. The molecule has 2 heterocycles. The molecule has 14 heavy (non-hydrogen) atoms. The Morgan fingerprint density at radius 1 is 1.43 bits per heavy atom. The predicted octanol–water partition coefficient (Wildman–Crippen LogP) is 0.163. The predicted molar refractivity (Wildman–Crippen MR) is 52.0 cm³/mol. The first-order chi connectivity index (χ1) is 6.79. The molecule has 0 radical (unpaired) electrons. The fraction of sp³-hybridized carbons (Fsp3) is 0.125. The average Bonchev–Trinajstić information content (AvgIpc) is 2.65. The summed E-state index contributed by atoms with van der Waals surface area (Å²) in [5, 5.41) is 4.18. The van der Waals surface area contributed by atoms with E-state index in [1.165, 1.54) is 0 Å². The van der Waals surface area contributed by atoms with Crippen LogP contribution in [0.4, 0.5) is 5.82 Å². The zero-order valence-electron chi connectivity index (χ0n) is 7.68. The fourth-order valence-electron chi connectivity index (χ4n) is 1.10. The van der Waals surface area contributed by atoms with Crippen LogP contribution in [-0.4, -0.2) is 19.7 Å². The van der Waals surface area contributed by atoms with E-state index in [4.69, 9.17) is 5.84 Å². The third-order valence-electron chi connectivity index (χ3n) is 1.75. The Kier molecular flexibility index (Phi) is 2.11. The molecule has 0 unspecified atom stereocenters. The van der Waals surface area contributed by atoms with Gasteiger partial charge >= 0.3 is 0 Å². The van der Waals surface area contributed by atoms with Crippen molar-refractivity contribution < 1.29 is 0 Å². The lowest BCUT2D eigenvalue weighted by atomic mass is 10.4. The lowest BCUT2D eigenvalue weighted by Crippen LogP contribution is -2.09. The second-order valence-corrected chi connectivity index (χ2v) is 2.78. The van der Waals surface area contributed by atoms with Gasteiger partial charge in [-0.2, -0.15) is 5.10 Å². The average molecular weight is 190 g/mol. The molecule has 6 nitrogen and oxygen atoms in total. The highest BCUT2D eigenvalue weighted by atomic mass is 15.3. The van der Waals surface area contributed by atoms with Gasteiger partial charge in [0.2, 0.25) is 0 Å². The number of rotatable bonds is 2. The van der Waals surface area contributed by atoms with Crippen molar-refractivity contribution in [1.82, 2.24) is 19.7 Å². The summed E-state index contributed by atoms with van der Waals surface area (Å²) in [7, 11) is 1.84. The highest BCUT2D eigenvalue weighted by Crippen LogP contribution is 2.12. The number of hydrogen-bond donors (Lipinski definition) is 2. The molecule has 2 rings (SSSR count). The van der Waals surface area contributed by atoms with Gasteiger partial charge in [0.25, 0.3) is 0 Å². The zero-order valence-corrected chi connectivity index (χ0v) is 7.68. The van der Waals surface area contributed by atoms with Crippen LogP contribution < -0.4 is 11.3 Å². The van der Waals surface area contributed by atoms with Crippen molar-refractivity contribution in [3.8, 4) is 11.5 Å². The number of hydrogen-bond acceptors (Lipinski definition) is 5. The van der Waals surface area contributed by atoms with Crippen LogP contribution in [0.2, 0.25) is 0 Å². The molecule has 0 saturated heterocycles.